The van der Waals surface area contributed by atoms with E-state index in [1.54, 1.807) is 11.3 Å². The fourth-order valence-electron chi connectivity index (χ4n) is 2.09. The highest BCUT2D eigenvalue weighted by Crippen LogP contribution is 2.15. The second-order valence-corrected chi connectivity index (χ2v) is 7.02. The Bertz CT molecular complexity index is 653. The van der Waals surface area contributed by atoms with Gasteiger partial charge in [-0.1, -0.05) is 25.9 Å². The van der Waals surface area contributed by atoms with Gasteiger partial charge in [0.25, 0.3) is 0 Å². The molecule has 0 radical (unpaired) electrons. The molecule has 0 saturated carbocycles. The molecule has 0 aromatic carbocycles. The fourth-order valence-corrected chi connectivity index (χ4v) is 2.95. The molecule has 8 heteroatoms. The summed E-state index contributed by atoms with van der Waals surface area (Å²) >= 11 is 1.78. The second-order valence-electron chi connectivity index (χ2n) is 5.82. The number of rotatable bonds is 8. The number of nitrogens with one attached hydrogen (secondary N) is 2. The van der Waals surface area contributed by atoms with Crippen LogP contribution in [0.3, 0.4) is 0 Å². The van der Waals surface area contributed by atoms with Crippen LogP contribution >= 0.6 is 35.3 Å². The van der Waals surface area contributed by atoms with Gasteiger partial charge in [-0.25, -0.2) is 9.98 Å². The van der Waals surface area contributed by atoms with Gasteiger partial charge in [-0.2, -0.15) is 0 Å². The second kappa shape index (κ2) is 11.5. The van der Waals surface area contributed by atoms with E-state index in [2.05, 4.69) is 53.5 Å². The minimum absolute atomic E-state index is 0. The van der Waals surface area contributed by atoms with Crippen LogP contribution in [0.15, 0.2) is 21.8 Å². The SMILES string of the molecule is CCNC(=NCc1cc(C(C)C)no1)NCCc1ncc(CC)s1.I. The molecule has 2 heterocycles. The van der Waals surface area contributed by atoms with Gasteiger partial charge in [0.2, 0.25) is 0 Å². The summed E-state index contributed by atoms with van der Waals surface area (Å²) in [7, 11) is 0. The van der Waals surface area contributed by atoms with Crippen LogP contribution in [0.1, 0.15) is 55.0 Å². The highest BCUT2D eigenvalue weighted by atomic mass is 127. The maximum Gasteiger partial charge on any atom is 0.191 e. The van der Waals surface area contributed by atoms with E-state index in [1.165, 1.54) is 4.88 Å². The summed E-state index contributed by atoms with van der Waals surface area (Å²) in [6, 6.07) is 1.97. The van der Waals surface area contributed by atoms with Gasteiger partial charge >= 0.3 is 0 Å². The predicted octanol–water partition coefficient (Wildman–Crippen LogP) is 3.73. The number of thiazole rings is 1. The van der Waals surface area contributed by atoms with Gasteiger partial charge in [0.15, 0.2) is 11.7 Å². The Kier molecular flexibility index (Phi) is 10.0. The molecule has 2 aromatic rings. The van der Waals surface area contributed by atoms with Crippen molar-refractivity contribution in [1.29, 1.82) is 0 Å². The molecular formula is C17H28IN5OS. The summed E-state index contributed by atoms with van der Waals surface area (Å²) in [6.07, 6.45) is 3.91. The Morgan fingerprint density at radius 2 is 2.12 bits per heavy atom. The topological polar surface area (TPSA) is 75.3 Å². The molecule has 6 nitrogen and oxygen atoms in total. The Morgan fingerprint density at radius 3 is 2.72 bits per heavy atom. The molecule has 0 aliphatic rings. The van der Waals surface area contributed by atoms with Gasteiger partial charge in [-0.3, -0.25) is 0 Å². The van der Waals surface area contributed by atoms with E-state index in [9.17, 15) is 0 Å². The fraction of sp³-hybridized carbons (Fsp3) is 0.588. The number of nitrogens with zero attached hydrogens (tertiary/aromatic N) is 3. The molecule has 0 aliphatic heterocycles. The number of hydrogen-bond donors (Lipinski definition) is 2. The highest BCUT2D eigenvalue weighted by molar-refractivity contribution is 14.0. The van der Waals surface area contributed by atoms with Crippen LogP contribution in [-0.2, 0) is 19.4 Å². The van der Waals surface area contributed by atoms with Crippen molar-refractivity contribution in [3.63, 3.8) is 0 Å². The predicted molar refractivity (Wildman–Crippen MR) is 114 cm³/mol. The first kappa shape index (κ1) is 21.9. The lowest BCUT2D eigenvalue weighted by molar-refractivity contribution is 0.376. The molecule has 2 aromatic heterocycles. The van der Waals surface area contributed by atoms with Gasteiger partial charge < -0.3 is 15.2 Å². The van der Waals surface area contributed by atoms with Crippen LogP contribution in [0.5, 0.6) is 0 Å². The molecule has 0 atom stereocenters. The molecule has 0 saturated heterocycles. The standard InChI is InChI=1S/C17H27N5OS.HI/c1-5-14-11-20-16(24-14)7-8-19-17(18-6-2)21-10-13-9-15(12(3)4)22-23-13;/h9,11-12H,5-8,10H2,1-4H3,(H2,18,19,21);1H. The van der Waals surface area contributed by atoms with Gasteiger partial charge in [0, 0.05) is 36.7 Å². The first-order chi connectivity index (χ1) is 11.6. The number of aromatic nitrogens is 2. The van der Waals surface area contributed by atoms with Crippen LogP contribution < -0.4 is 10.6 Å². The Labute approximate surface area is 170 Å². The van der Waals surface area contributed by atoms with Crippen LogP contribution in [0, 0.1) is 0 Å². The summed E-state index contributed by atoms with van der Waals surface area (Å²) in [5, 5.41) is 11.8. The quantitative estimate of drug-likeness (QED) is 0.344. The van der Waals surface area contributed by atoms with Crippen LogP contribution in [0.2, 0.25) is 0 Å². The summed E-state index contributed by atoms with van der Waals surface area (Å²) in [5.41, 5.74) is 0.966. The monoisotopic (exact) mass is 477 g/mol. The van der Waals surface area contributed by atoms with Gasteiger partial charge in [-0.05, 0) is 19.3 Å². The van der Waals surface area contributed by atoms with Crippen molar-refractivity contribution >= 4 is 41.3 Å². The van der Waals surface area contributed by atoms with E-state index in [-0.39, 0.29) is 24.0 Å². The zero-order chi connectivity index (χ0) is 17.4. The van der Waals surface area contributed by atoms with E-state index < -0.39 is 0 Å². The average Bonchev–Trinajstić information content (AvgIpc) is 3.22. The Morgan fingerprint density at radius 1 is 1.32 bits per heavy atom. The third-order valence-electron chi connectivity index (χ3n) is 3.49. The zero-order valence-electron chi connectivity index (χ0n) is 15.3. The van der Waals surface area contributed by atoms with Crippen LogP contribution in [-0.4, -0.2) is 29.2 Å². The molecule has 0 fully saturated rings. The first-order valence-corrected chi connectivity index (χ1v) is 9.35. The van der Waals surface area contributed by atoms with E-state index in [0.29, 0.717) is 12.5 Å². The normalized spacial score (nSPS) is 11.5. The summed E-state index contributed by atoms with van der Waals surface area (Å²) in [4.78, 5) is 10.3. The van der Waals surface area contributed by atoms with Crippen molar-refractivity contribution in [2.45, 2.75) is 53.0 Å². The zero-order valence-corrected chi connectivity index (χ0v) is 18.5. The Hall–Kier alpha value is -1.16. The van der Waals surface area contributed by atoms with E-state index in [0.717, 1.165) is 48.4 Å². The summed E-state index contributed by atoms with van der Waals surface area (Å²) in [5.74, 6) is 1.93. The maximum absolute atomic E-state index is 5.32. The molecule has 2 N–H and O–H groups in total. The van der Waals surface area contributed by atoms with Crippen molar-refractivity contribution in [2.75, 3.05) is 13.1 Å². The number of guanidine groups is 1. The molecule has 0 unspecified atom stereocenters. The molecule has 25 heavy (non-hydrogen) atoms. The number of aryl methyl sites for hydroxylation is 1. The van der Waals surface area contributed by atoms with Crippen LogP contribution in [0.4, 0.5) is 0 Å². The molecule has 0 spiro atoms. The maximum atomic E-state index is 5.32. The number of halogens is 1. The van der Waals surface area contributed by atoms with E-state index in [1.807, 2.05) is 12.3 Å². The van der Waals surface area contributed by atoms with Gasteiger partial charge in [-0.15, -0.1) is 35.3 Å². The van der Waals surface area contributed by atoms with Crippen LogP contribution in [0.25, 0.3) is 0 Å². The van der Waals surface area contributed by atoms with Gasteiger partial charge in [0.05, 0.1) is 10.7 Å². The molecule has 0 amide bonds. The summed E-state index contributed by atoms with van der Waals surface area (Å²) in [6.45, 7) is 10.5. The number of aliphatic imine (C=N–C) groups is 1. The average molecular weight is 477 g/mol. The third kappa shape index (κ3) is 7.31. The van der Waals surface area contributed by atoms with Crippen molar-refractivity contribution < 1.29 is 4.52 Å². The molecule has 2 rings (SSSR count). The molecule has 140 valence electrons. The minimum atomic E-state index is 0. The number of hydrogen-bond acceptors (Lipinski definition) is 5. The third-order valence-corrected chi connectivity index (χ3v) is 4.69. The molecular weight excluding hydrogens is 449 g/mol. The lowest BCUT2D eigenvalue weighted by atomic mass is 10.1. The minimum Gasteiger partial charge on any atom is -0.359 e. The van der Waals surface area contributed by atoms with Crippen molar-refractivity contribution in [3.8, 4) is 0 Å². The Balaban J connectivity index is 0.00000312. The molecule has 0 aliphatic carbocycles. The van der Waals surface area contributed by atoms with E-state index >= 15 is 0 Å². The highest BCUT2D eigenvalue weighted by Gasteiger charge is 2.07. The van der Waals surface area contributed by atoms with Gasteiger partial charge in [0.1, 0.15) is 6.54 Å². The lowest BCUT2D eigenvalue weighted by Gasteiger charge is -2.09. The summed E-state index contributed by atoms with van der Waals surface area (Å²) < 4.78 is 5.32. The van der Waals surface area contributed by atoms with Crippen molar-refractivity contribution in [3.05, 3.63) is 33.6 Å². The van der Waals surface area contributed by atoms with E-state index in [4.69, 9.17) is 4.52 Å². The lowest BCUT2D eigenvalue weighted by Crippen LogP contribution is -2.38. The molecule has 0 bridgehead atoms. The largest absolute Gasteiger partial charge is 0.359 e. The van der Waals surface area contributed by atoms with Crippen molar-refractivity contribution in [2.24, 2.45) is 4.99 Å². The smallest absolute Gasteiger partial charge is 0.191 e. The van der Waals surface area contributed by atoms with Crippen molar-refractivity contribution in [1.82, 2.24) is 20.8 Å². The first-order valence-electron chi connectivity index (χ1n) is 8.53.